The predicted octanol–water partition coefficient (Wildman–Crippen LogP) is 5.34. The molecule has 0 radical (unpaired) electrons. The standard InChI is InChI=1S/C28H26Cl2N4O4/c1-4-38-27(37)21(34-24-22(25(35)28(24,2)3)17-6-5-11-31-13-17)12-16-7-9-18(10-8-16)33-26(36)23-19(29)14-32-15-20(23)30/h5-11,13-15,21-22H,4,12H2,1-3H3,(H,33,36)/t21-,22?/m0/s1. The summed E-state index contributed by atoms with van der Waals surface area (Å²) >= 11 is 12.2. The summed E-state index contributed by atoms with van der Waals surface area (Å²) in [6.45, 7) is 5.56. The maximum absolute atomic E-state index is 12.9. The summed E-state index contributed by atoms with van der Waals surface area (Å²) in [5.41, 5.74) is 2.02. The molecule has 196 valence electrons. The first-order valence-corrected chi connectivity index (χ1v) is 12.8. The fraction of sp³-hybridized carbons (Fsp3) is 0.286. The number of aromatic nitrogens is 2. The average Bonchev–Trinajstić information content (AvgIpc) is 2.89. The third-order valence-corrected chi connectivity index (χ3v) is 6.96. The summed E-state index contributed by atoms with van der Waals surface area (Å²) in [7, 11) is 0. The molecule has 1 unspecified atom stereocenters. The minimum absolute atomic E-state index is 0.0290. The van der Waals surface area contributed by atoms with Crippen LogP contribution in [0.4, 0.5) is 5.69 Å². The highest BCUT2D eigenvalue weighted by atomic mass is 35.5. The minimum atomic E-state index is -0.841. The van der Waals surface area contributed by atoms with Gasteiger partial charge in [0.2, 0.25) is 0 Å². The summed E-state index contributed by atoms with van der Waals surface area (Å²) < 4.78 is 5.30. The number of ether oxygens (including phenoxy) is 1. The molecule has 1 N–H and O–H groups in total. The number of pyridine rings is 2. The number of ketones is 1. The predicted molar refractivity (Wildman–Crippen MR) is 146 cm³/mol. The van der Waals surface area contributed by atoms with Gasteiger partial charge in [0.15, 0.2) is 11.8 Å². The molecule has 2 heterocycles. The van der Waals surface area contributed by atoms with E-state index < -0.39 is 29.3 Å². The molecule has 1 aliphatic rings. The topological polar surface area (TPSA) is 111 Å². The lowest BCUT2D eigenvalue weighted by Crippen LogP contribution is -2.54. The first-order chi connectivity index (χ1) is 18.1. The Morgan fingerprint density at radius 2 is 1.76 bits per heavy atom. The number of benzene rings is 1. The van der Waals surface area contributed by atoms with Gasteiger partial charge >= 0.3 is 5.97 Å². The van der Waals surface area contributed by atoms with Crippen molar-refractivity contribution >= 4 is 52.3 Å². The fourth-order valence-electron chi connectivity index (χ4n) is 4.34. The molecular weight excluding hydrogens is 527 g/mol. The highest BCUT2D eigenvalue weighted by Gasteiger charge is 2.54. The molecule has 0 saturated heterocycles. The third-order valence-electron chi connectivity index (χ3n) is 6.38. The molecule has 38 heavy (non-hydrogen) atoms. The lowest BCUT2D eigenvalue weighted by Gasteiger charge is -2.43. The molecule has 0 aliphatic heterocycles. The number of rotatable bonds is 8. The lowest BCUT2D eigenvalue weighted by molar-refractivity contribution is -0.144. The first-order valence-electron chi connectivity index (χ1n) is 12.0. The van der Waals surface area contributed by atoms with E-state index >= 15 is 0 Å². The molecule has 10 heteroatoms. The Bertz CT molecular complexity index is 1370. The van der Waals surface area contributed by atoms with E-state index in [1.54, 1.807) is 49.6 Å². The van der Waals surface area contributed by atoms with Gasteiger partial charge in [0.05, 0.1) is 33.5 Å². The van der Waals surface area contributed by atoms with Crippen molar-refractivity contribution in [3.05, 3.63) is 87.9 Å². The van der Waals surface area contributed by atoms with Gasteiger partial charge in [-0.2, -0.15) is 0 Å². The number of aliphatic imine (C=N–C) groups is 1. The second kappa shape index (κ2) is 11.4. The van der Waals surface area contributed by atoms with Gasteiger partial charge in [-0.05, 0) is 50.1 Å². The van der Waals surface area contributed by atoms with Crippen LogP contribution in [0.1, 0.15) is 48.2 Å². The second-order valence-corrected chi connectivity index (χ2v) is 10.1. The number of nitrogens with one attached hydrogen (secondary N) is 1. The van der Waals surface area contributed by atoms with Crippen LogP contribution in [0.2, 0.25) is 10.0 Å². The van der Waals surface area contributed by atoms with Crippen molar-refractivity contribution in [3.8, 4) is 0 Å². The summed E-state index contributed by atoms with van der Waals surface area (Å²) in [6.07, 6.45) is 6.23. The van der Waals surface area contributed by atoms with Gasteiger partial charge in [0, 0.05) is 42.6 Å². The summed E-state index contributed by atoms with van der Waals surface area (Å²) in [6, 6.07) is 9.75. The highest BCUT2D eigenvalue weighted by molar-refractivity contribution is 6.40. The van der Waals surface area contributed by atoms with Gasteiger partial charge in [-0.15, -0.1) is 0 Å². The number of carbonyl (C=O) groups is 3. The first kappa shape index (κ1) is 27.4. The van der Waals surface area contributed by atoms with Gasteiger partial charge < -0.3 is 10.1 Å². The van der Waals surface area contributed by atoms with Gasteiger partial charge in [0.25, 0.3) is 5.91 Å². The average molecular weight is 553 g/mol. The van der Waals surface area contributed by atoms with Crippen LogP contribution in [0.15, 0.2) is 66.2 Å². The van der Waals surface area contributed by atoms with Crippen LogP contribution in [-0.2, 0) is 20.7 Å². The SMILES string of the molecule is CCOC(=O)[C@H](Cc1ccc(NC(=O)c2c(Cl)cncc2Cl)cc1)N=C1C(c2cccnc2)C(=O)C1(C)C. The minimum Gasteiger partial charge on any atom is -0.464 e. The van der Waals surface area contributed by atoms with Crippen LogP contribution >= 0.6 is 23.2 Å². The number of hydrogen-bond acceptors (Lipinski definition) is 7. The van der Waals surface area contributed by atoms with Crippen LogP contribution in [0.5, 0.6) is 0 Å². The maximum atomic E-state index is 12.9. The number of esters is 1. The van der Waals surface area contributed by atoms with E-state index in [-0.39, 0.29) is 34.4 Å². The maximum Gasteiger partial charge on any atom is 0.331 e. The van der Waals surface area contributed by atoms with Crippen LogP contribution in [0.3, 0.4) is 0 Å². The van der Waals surface area contributed by atoms with Crippen molar-refractivity contribution in [2.75, 3.05) is 11.9 Å². The van der Waals surface area contributed by atoms with E-state index in [1.807, 2.05) is 19.9 Å². The summed E-state index contributed by atoms with van der Waals surface area (Å²) in [4.78, 5) is 51.2. The molecule has 1 saturated carbocycles. The summed E-state index contributed by atoms with van der Waals surface area (Å²) in [5, 5.41) is 3.04. The number of nitrogens with zero attached hydrogens (tertiary/aromatic N) is 3. The molecule has 4 rings (SSSR count). The Morgan fingerprint density at radius 1 is 1.08 bits per heavy atom. The number of carbonyl (C=O) groups excluding carboxylic acids is 3. The van der Waals surface area contributed by atoms with Crippen molar-refractivity contribution in [3.63, 3.8) is 0 Å². The normalized spacial score (nSPS) is 18.0. The van der Waals surface area contributed by atoms with Crippen molar-refractivity contribution in [1.82, 2.24) is 9.97 Å². The van der Waals surface area contributed by atoms with Gasteiger partial charge in [-0.1, -0.05) is 41.4 Å². The van der Waals surface area contributed by atoms with E-state index in [0.717, 1.165) is 11.1 Å². The molecule has 0 spiro atoms. The number of anilines is 1. The highest BCUT2D eigenvalue weighted by Crippen LogP contribution is 2.44. The second-order valence-electron chi connectivity index (χ2n) is 9.32. The number of amides is 1. The monoisotopic (exact) mass is 552 g/mol. The zero-order valence-corrected chi connectivity index (χ0v) is 22.6. The van der Waals surface area contributed by atoms with E-state index in [2.05, 4.69) is 15.3 Å². The molecule has 1 fully saturated rings. The quantitative estimate of drug-likeness (QED) is 0.377. The van der Waals surface area contributed by atoms with Gasteiger partial charge in [-0.3, -0.25) is 24.5 Å². The lowest BCUT2D eigenvalue weighted by atomic mass is 9.59. The molecule has 3 aromatic rings. The summed E-state index contributed by atoms with van der Waals surface area (Å²) in [5.74, 6) is -1.45. The van der Waals surface area contributed by atoms with Gasteiger partial charge in [-0.25, -0.2) is 4.79 Å². The van der Waals surface area contributed by atoms with Crippen LogP contribution in [0.25, 0.3) is 0 Å². The fourth-order valence-corrected chi connectivity index (χ4v) is 4.88. The van der Waals surface area contributed by atoms with E-state index in [0.29, 0.717) is 11.4 Å². The molecule has 1 aliphatic carbocycles. The Hall–Kier alpha value is -3.62. The molecule has 8 nitrogen and oxygen atoms in total. The van der Waals surface area contributed by atoms with E-state index in [1.165, 1.54) is 12.4 Å². The number of hydrogen-bond donors (Lipinski definition) is 1. The van der Waals surface area contributed by atoms with Crippen LogP contribution in [-0.4, -0.2) is 46.0 Å². The molecular formula is C28H26Cl2N4O4. The Kier molecular flexibility index (Phi) is 8.23. The Balaban J connectivity index is 1.56. The van der Waals surface area contributed by atoms with E-state index in [4.69, 9.17) is 32.9 Å². The molecule has 1 amide bonds. The molecule has 0 bridgehead atoms. The van der Waals surface area contributed by atoms with Crippen molar-refractivity contribution in [1.29, 1.82) is 0 Å². The Morgan fingerprint density at radius 3 is 2.37 bits per heavy atom. The van der Waals surface area contributed by atoms with Gasteiger partial charge in [0.1, 0.15) is 0 Å². The smallest absolute Gasteiger partial charge is 0.331 e. The van der Waals surface area contributed by atoms with E-state index in [9.17, 15) is 14.4 Å². The zero-order valence-electron chi connectivity index (χ0n) is 21.1. The van der Waals surface area contributed by atoms with Crippen LogP contribution < -0.4 is 5.32 Å². The number of halogens is 2. The number of Topliss-reactive ketones (excluding diaryl/α,β-unsaturated/α-hetero) is 1. The zero-order chi connectivity index (χ0) is 27.4. The van der Waals surface area contributed by atoms with Crippen molar-refractivity contribution in [2.24, 2.45) is 10.4 Å². The Labute approximate surface area is 230 Å². The molecule has 2 atom stereocenters. The van der Waals surface area contributed by atoms with Crippen LogP contribution in [0, 0.1) is 5.41 Å². The van der Waals surface area contributed by atoms with Crippen molar-refractivity contribution < 1.29 is 19.1 Å². The molecule has 1 aromatic carbocycles. The molecule has 2 aromatic heterocycles. The van der Waals surface area contributed by atoms with Crippen molar-refractivity contribution in [2.45, 2.75) is 39.2 Å². The third kappa shape index (κ3) is 5.61. The largest absolute Gasteiger partial charge is 0.464 e.